The second-order valence-electron chi connectivity index (χ2n) is 4.17. The molecule has 0 fully saturated rings. The smallest absolute Gasteiger partial charge is 0.254 e. The molecule has 18 heavy (non-hydrogen) atoms. The van der Waals surface area contributed by atoms with Gasteiger partial charge in [-0.1, -0.05) is 15.9 Å². The largest absolute Gasteiger partial charge is 0.339 e. The summed E-state index contributed by atoms with van der Waals surface area (Å²) in [6.45, 7) is 2.08. The first-order valence-electron chi connectivity index (χ1n) is 5.68. The van der Waals surface area contributed by atoms with Crippen molar-refractivity contribution < 1.29 is 4.79 Å². The molecular formula is C13H17Br2NOS. The fourth-order valence-corrected chi connectivity index (χ4v) is 3.33. The summed E-state index contributed by atoms with van der Waals surface area (Å²) >= 11 is 8.63. The Bertz CT molecular complexity index is 425. The number of hydrogen-bond acceptors (Lipinski definition) is 2. The van der Waals surface area contributed by atoms with Crippen molar-refractivity contribution in [3.63, 3.8) is 0 Å². The van der Waals surface area contributed by atoms with Crippen LogP contribution in [0.15, 0.2) is 27.1 Å². The standard InChI is InChI=1S/C13H17Br2NOS/c1-9(6-7-18-3)16(2)13(17)11-5-4-10(14)8-12(11)15/h4-5,8-9H,6-7H2,1-3H3. The second kappa shape index (κ2) is 7.56. The molecule has 0 N–H and O–H groups in total. The number of rotatable bonds is 5. The van der Waals surface area contributed by atoms with Gasteiger partial charge < -0.3 is 4.90 Å². The summed E-state index contributed by atoms with van der Waals surface area (Å²) < 4.78 is 1.79. The molecule has 0 saturated carbocycles. The Morgan fingerprint density at radius 2 is 2.11 bits per heavy atom. The maximum atomic E-state index is 12.4. The summed E-state index contributed by atoms with van der Waals surface area (Å²) in [5.41, 5.74) is 0.705. The molecule has 1 unspecified atom stereocenters. The Morgan fingerprint density at radius 3 is 2.67 bits per heavy atom. The first-order valence-corrected chi connectivity index (χ1v) is 8.66. The van der Waals surface area contributed by atoms with Gasteiger partial charge in [0.2, 0.25) is 0 Å². The monoisotopic (exact) mass is 393 g/mol. The normalized spacial score (nSPS) is 12.3. The highest BCUT2D eigenvalue weighted by atomic mass is 79.9. The predicted molar refractivity (Wildman–Crippen MR) is 86.4 cm³/mol. The van der Waals surface area contributed by atoms with Gasteiger partial charge in [0.1, 0.15) is 0 Å². The van der Waals surface area contributed by atoms with E-state index in [-0.39, 0.29) is 11.9 Å². The first-order chi connectivity index (χ1) is 8.47. The van der Waals surface area contributed by atoms with E-state index < -0.39 is 0 Å². The van der Waals surface area contributed by atoms with Gasteiger partial charge in [0.05, 0.1) is 5.56 Å². The molecule has 1 aromatic carbocycles. The van der Waals surface area contributed by atoms with E-state index in [2.05, 4.69) is 45.0 Å². The summed E-state index contributed by atoms with van der Waals surface area (Å²) in [6.07, 6.45) is 3.09. The minimum atomic E-state index is 0.0583. The molecule has 0 aliphatic carbocycles. The molecular weight excluding hydrogens is 378 g/mol. The van der Waals surface area contributed by atoms with E-state index in [1.54, 1.807) is 11.8 Å². The van der Waals surface area contributed by atoms with Crippen molar-refractivity contribution in [2.75, 3.05) is 19.1 Å². The van der Waals surface area contributed by atoms with Gasteiger partial charge in [0.15, 0.2) is 0 Å². The van der Waals surface area contributed by atoms with E-state index in [4.69, 9.17) is 0 Å². The molecule has 0 radical (unpaired) electrons. The zero-order chi connectivity index (χ0) is 13.7. The van der Waals surface area contributed by atoms with Crippen molar-refractivity contribution in [1.82, 2.24) is 4.90 Å². The number of thioether (sulfide) groups is 1. The van der Waals surface area contributed by atoms with Crippen LogP contribution in [0.2, 0.25) is 0 Å². The van der Waals surface area contributed by atoms with E-state index in [0.29, 0.717) is 5.56 Å². The third-order valence-electron chi connectivity index (χ3n) is 2.88. The number of nitrogens with zero attached hydrogens (tertiary/aromatic N) is 1. The van der Waals surface area contributed by atoms with Crippen LogP contribution in [-0.4, -0.2) is 35.9 Å². The highest BCUT2D eigenvalue weighted by molar-refractivity contribution is 9.11. The van der Waals surface area contributed by atoms with Gasteiger partial charge in [-0.25, -0.2) is 0 Å². The number of amides is 1. The third kappa shape index (κ3) is 4.28. The van der Waals surface area contributed by atoms with Gasteiger partial charge in [-0.2, -0.15) is 11.8 Å². The van der Waals surface area contributed by atoms with E-state index in [9.17, 15) is 4.79 Å². The summed E-state index contributed by atoms with van der Waals surface area (Å²) in [6, 6.07) is 5.88. The minimum Gasteiger partial charge on any atom is -0.339 e. The van der Waals surface area contributed by atoms with Gasteiger partial charge in [-0.3, -0.25) is 4.79 Å². The number of hydrogen-bond donors (Lipinski definition) is 0. The molecule has 1 rings (SSSR count). The van der Waals surface area contributed by atoms with Crippen molar-refractivity contribution in [3.8, 4) is 0 Å². The Labute approximate surface area is 130 Å². The lowest BCUT2D eigenvalue weighted by molar-refractivity contribution is 0.0740. The molecule has 0 aliphatic heterocycles. The van der Waals surface area contributed by atoms with Crippen LogP contribution in [0, 0.1) is 0 Å². The summed E-state index contributed by atoms with van der Waals surface area (Å²) in [5, 5.41) is 0. The topological polar surface area (TPSA) is 20.3 Å². The van der Waals surface area contributed by atoms with E-state index in [1.165, 1.54) is 0 Å². The lowest BCUT2D eigenvalue weighted by atomic mass is 10.1. The average molecular weight is 395 g/mol. The highest BCUT2D eigenvalue weighted by Gasteiger charge is 2.19. The molecule has 0 aliphatic rings. The van der Waals surface area contributed by atoms with Gasteiger partial charge in [0.25, 0.3) is 5.91 Å². The van der Waals surface area contributed by atoms with Crippen molar-refractivity contribution >= 4 is 49.5 Å². The molecule has 0 bridgehead atoms. The van der Waals surface area contributed by atoms with Gasteiger partial charge in [0, 0.05) is 22.0 Å². The van der Waals surface area contributed by atoms with Crippen LogP contribution < -0.4 is 0 Å². The number of halogens is 2. The fraction of sp³-hybridized carbons (Fsp3) is 0.462. The first kappa shape index (κ1) is 16.1. The number of carbonyl (C=O) groups is 1. The molecule has 0 saturated heterocycles. The van der Waals surface area contributed by atoms with Crippen LogP contribution in [0.25, 0.3) is 0 Å². The molecule has 0 heterocycles. The lowest BCUT2D eigenvalue weighted by Gasteiger charge is -2.25. The second-order valence-corrected chi connectivity index (χ2v) is 6.93. The van der Waals surface area contributed by atoms with Crippen LogP contribution in [-0.2, 0) is 0 Å². The summed E-state index contributed by atoms with van der Waals surface area (Å²) in [4.78, 5) is 14.2. The average Bonchev–Trinajstić information content (AvgIpc) is 2.34. The van der Waals surface area contributed by atoms with Crippen LogP contribution >= 0.6 is 43.6 Å². The Morgan fingerprint density at radius 1 is 1.44 bits per heavy atom. The molecule has 1 amide bonds. The maximum Gasteiger partial charge on any atom is 0.254 e. The molecule has 0 spiro atoms. The van der Waals surface area contributed by atoms with E-state index >= 15 is 0 Å². The molecule has 0 aromatic heterocycles. The Balaban J connectivity index is 2.79. The SMILES string of the molecule is CSCCC(C)N(C)C(=O)c1ccc(Br)cc1Br. The zero-order valence-corrected chi connectivity index (χ0v) is 14.7. The number of carbonyl (C=O) groups excluding carboxylic acids is 1. The van der Waals surface area contributed by atoms with Crippen LogP contribution in [0.5, 0.6) is 0 Å². The highest BCUT2D eigenvalue weighted by Crippen LogP contribution is 2.23. The third-order valence-corrected chi connectivity index (χ3v) is 4.68. The molecule has 1 aromatic rings. The van der Waals surface area contributed by atoms with E-state index in [1.807, 2.05) is 30.1 Å². The van der Waals surface area contributed by atoms with Gasteiger partial charge in [-0.05, 0) is 59.5 Å². The van der Waals surface area contributed by atoms with Crippen molar-refractivity contribution in [3.05, 3.63) is 32.7 Å². The van der Waals surface area contributed by atoms with Crippen LogP contribution in [0.3, 0.4) is 0 Å². The van der Waals surface area contributed by atoms with Crippen molar-refractivity contribution in [2.45, 2.75) is 19.4 Å². The Hall–Kier alpha value is -0.000000000000000111. The summed E-state index contributed by atoms with van der Waals surface area (Å²) in [5.74, 6) is 1.13. The van der Waals surface area contributed by atoms with Crippen LogP contribution in [0.4, 0.5) is 0 Å². The summed E-state index contributed by atoms with van der Waals surface area (Å²) in [7, 11) is 1.86. The molecule has 1 atom stereocenters. The zero-order valence-electron chi connectivity index (χ0n) is 10.7. The molecule has 100 valence electrons. The minimum absolute atomic E-state index is 0.0583. The lowest BCUT2D eigenvalue weighted by Crippen LogP contribution is -2.35. The Kier molecular flexibility index (Phi) is 6.74. The van der Waals surface area contributed by atoms with Gasteiger partial charge >= 0.3 is 0 Å². The molecule has 2 nitrogen and oxygen atoms in total. The maximum absolute atomic E-state index is 12.4. The quantitative estimate of drug-likeness (QED) is 0.736. The predicted octanol–water partition coefficient (Wildman–Crippen LogP) is 4.43. The van der Waals surface area contributed by atoms with Crippen molar-refractivity contribution in [2.24, 2.45) is 0 Å². The van der Waals surface area contributed by atoms with Crippen molar-refractivity contribution in [1.29, 1.82) is 0 Å². The molecule has 5 heteroatoms. The van der Waals surface area contributed by atoms with Gasteiger partial charge in [-0.15, -0.1) is 0 Å². The van der Waals surface area contributed by atoms with Crippen LogP contribution in [0.1, 0.15) is 23.7 Å². The number of benzene rings is 1. The van der Waals surface area contributed by atoms with E-state index in [0.717, 1.165) is 21.1 Å². The fourth-order valence-electron chi connectivity index (χ4n) is 1.54.